The first kappa shape index (κ1) is 14.9. The third kappa shape index (κ3) is 10.2. The van der Waals surface area contributed by atoms with E-state index in [9.17, 15) is 0 Å². The highest BCUT2D eigenvalue weighted by molar-refractivity contribution is 4.68. The van der Waals surface area contributed by atoms with Gasteiger partial charge in [0.05, 0.1) is 0 Å². The molecule has 1 unspecified atom stereocenters. The molecule has 0 aliphatic rings. The third-order valence-corrected chi connectivity index (χ3v) is 2.40. The van der Waals surface area contributed by atoms with Gasteiger partial charge < -0.3 is 10.1 Å². The molecule has 1 atom stereocenters. The molecule has 0 spiro atoms. The standard InChI is InChI=1S/C13H29NO/c1-5-8-14-13(11-12(3)4)7-10-15-9-6-2/h12-14H,5-11H2,1-4H3. The molecule has 0 fully saturated rings. The van der Waals surface area contributed by atoms with Crippen molar-refractivity contribution in [1.82, 2.24) is 5.32 Å². The van der Waals surface area contributed by atoms with E-state index in [1.54, 1.807) is 0 Å². The minimum absolute atomic E-state index is 0.641. The molecule has 2 nitrogen and oxygen atoms in total. The van der Waals surface area contributed by atoms with E-state index >= 15 is 0 Å². The first-order valence-corrected chi connectivity index (χ1v) is 6.51. The van der Waals surface area contributed by atoms with Crippen LogP contribution in [0.15, 0.2) is 0 Å². The summed E-state index contributed by atoms with van der Waals surface area (Å²) in [5.74, 6) is 0.769. The van der Waals surface area contributed by atoms with Crippen LogP contribution in [0.3, 0.4) is 0 Å². The topological polar surface area (TPSA) is 21.3 Å². The molecule has 15 heavy (non-hydrogen) atoms. The molecule has 0 saturated heterocycles. The zero-order valence-corrected chi connectivity index (χ0v) is 11.0. The zero-order valence-electron chi connectivity index (χ0n) is 11.0. The second-order valence-electron chi connectivity index (χ2n) is 4.68. The zero-order chi connectivity index (χ0) is 11.5. The van der Waals surface area contributed by atoms with Gasteiger partial charge in [-0.2, -0.15) is 0 Å². The van der Waals surface area contributed by atoms with Crippen molar-refractivity contribution in [2.75, 3.05) is 19.8 Å². The van der Waals surface area contributed by atoms with E-state index in [1.807, 2.05) is 0 Å². The second-order valence-corrected chi connectivity index (χ2v) is 4.68. The van der Waals surface area contributed by atoms with Crippen LogP contribution in [0.1, 0.15) is 53.4 Å². The summed E-state index contributed by atoms with van der Waals surface area (Å²) >= 11 is 0. The predicted molar refractivity (Wildman–Crippen MR) is 67.3 cm³/mol. The average molecular weight is 215 g/mol. The lowest BCUT2D eigenvalue weighted by atomic mass is 10.0. The Hall–Kier alpha value is -0.0800. The fourth-order valence-corrected chi connectivity index (χ4v) is 1.69. The van der Waals surface area contributed by atoms with Crippen LogP contribution >= 0.6 is 0 Å². The monoisotopic (exact) mass is 215 g/mol. The molecule has 0 heterocycles. The van der Waals surface area contributed by atoms with E-state index in [0.29, 0.717) is 6.04 Å². The summed E-state index contributed by atoms with van der Waals surface area (Å²) in [6, 6.07) is 0.641. The quantitative estimate of drug-likeness (QED) is 0.565. The maximum Gasteiger partial charge on any atom is 0.0480 e. The van der Waals surface area contributed by atoms with Gasteiger partial charge in [0.25, 0.3) is 0 Å². The minimum atomic E-state index is 0.641. The summed E-state index contributed by atoms with van der Waals surface area (Å²) < 4.78 is 5.53. The van der Waals surface area contributed by atoms with Crippen LogP contribution in [0, 0.1) is 5.92 Å². The van der Waals surface area contributed by atoms with Crippen LogP contribution in [-0.2, 0) is 4.74 Å². The van der Waals surface area contributed by atoms with E-state index < -0.39 is 0 Å². The van der Waals surface area contributed by atoms with Gasteiger partial charge in [-0.25, -0.2) is 0 Å². The lowest BCUT2D eigenvalue weighted by Gasteiger charge is -2.20. The van der Waals surface area contributed by atoms with Crippen molar-refractivity contribution in [3.05, 3.63) is 0 Å². The fourth-order valence-electron chi connectivity index (χ4n) is 1.69. The summed E-state index contributed by atoms with van der Waals surface area (Å²) in [5, 5.41) is 3.60. The van der Waals surface area contributed by atoms with Crippen molar-refractivity contribution < 1.29 is 4.74 Å². The number of hydrogen-bond acceptors (Lipinski definition) is 2. The molecule has 0 bridgehead atoms. The number of hydrogen-bond donors (Lipinski definition) is 1. The van der Waals surface area contributed by atoms with Gasteiger partial charge in [0, 0.05) is 19.3 Å². The number of nitrogens with one attached hydrogen (secondary N) is 1. The molecule has 92 valence electrons. The molecule has 0 rings (SSSR count). The Morgan fingerprint density at radius 2 is 1.80 bits per heavy atom. The second kappa shape index (κ2) is 10.4. The molecule has 0 aliphatic carbocycles. The van der Waals surface area contributed by atoms with Gasteiger partial charge in [-0.15, -0.1) is 0 Å². The van der Waals surface area contributed by atoms with Gasteiger partial charge in [0.15, 0.2) is 0 Å². The Labute approximate surface area is 95.8 Å². The van der Waals surface area contributed by atoms with E-state index in [-0.39, 0.29) is 0 Å². The summed E-state index contributed by atoms with van der Waals surface area (Å²) in [6.45, 7) is 11.9. The lowest BCUT2D eigenvalue weighted by molar-refractivity contribution is 0.122. The van der Waals surface area contributed by atoms with E-state index in [0.717, 1.165) is 38.5 Å². The van der Waals surface area contributed by atoms with Crippen molar-refractivity contribution in [3.8, 4) is 0 Å². The SMILES string of the molecule is CCCNC(CCOCCC)CC(C)C. The Bertz CT molecular complexity index is 126. The Kier molecular flexibility index (Phi) is 10.4. The van der Waals surface area contributed by atoms with Gasteiger partial charge in [-0.05, 0) is 38.1 Å². The first-order valence-electron chi connectivity index (χ1n) is 6.51. The molecule has 0 aliphatic heterocycles. The molecule has 0 radical (unpaired) electrons. The van der Waals surface area contributed by atoms with Gasteiger partial charge >= 0.3 is 0 Å². The Morgan fingerprint density at radius 1 is 1.07 bits per heavy atom. The van der Waals surface area contributed by atoms with Crippen LogP contribution in [0.5, 0.6) is 0 Å². The molecular formula is C13H29NO. The number of ether oxygens (including phenoxy) is 1. The normalized spacial score (nSPS) is 13.4. The van der Waals surface area contributed by atoms with E-state index in [2.05, 4.69) is 33.0 Å². The summed E-state index contributed by atoms with van der Waals surface area (Å²) in [6.07, 6.45) is 4.75. The maximum atomic E-state index is 5.53. The predicted octanol–water partition coefficient (Wildman–Crippen LogP) is 3.22. The Morgan fingerprint density at radius 3 is 2.33 bits per heavy atom. The molecule has 0 saturated carbocycles. The van der Waals surface area contributed by atoms with E-state index in [4.69, 9.17) is 4.74 Å². The third-order valence-electron chi connectivity index (χ3n) is 2.40. The van der Waals surface area contributed by atoms with Crippen molar-refractivity contribution >= 4 is 0 Å². The summed E-state index contributed by atoms with van der Waals surface area (Å²) in [4.78, 5) is 0. The molecule has 2 heteroatoms. The van der Waals surface area contributed by atoms with Gasteiger partial charge in [-0.1, -0.05) is 27.7 Å². The highest BCUT2D eigenvalue weighted by Gasteiger charge is 2.09. The fraction of sp³-hybridized carbons (Fsp3) is 1.00. The van der Waals surface area contributed by atoms with Crippen LogP contribution in [-0.4, -0.2) is 25.8 Å². The number of rotatable bonds is 10. The molecule has 1 N–H and O–H groups in total. The highest BCUT2D eigenvalue weighted by Crippen LogP contribution is 2.08. The van der Waals surface area contributed by atoms with Gasteiger partial charge in [0.2, 0.25) is 0 Å². The molecule has 0 amide bonds. The van der Waals surface area contributed by atoms with Gasteiger partial charge in [0.1, 0.15) is 0 Å². The van der Waals surface area contributed by atoms with Crippen molar-refractivity contribution in [1.29, 1.82) is 0 Å². The van der Waals surface area contributed by atoms with Crippen LogP contribution in [0.2, 0.25) is 0 Å². The summed E-state index contributed by atoms with van der Waals surface area (Å²) in [7, 11) is 0. The van der Waals surface area contributed by atoms with Crippen LogP contribution < -0.4 is 5.32 Å². The van der Waals surface area contributed by atoms with Gasteiger partial charge in [-0.3, -0.25) is 0 Å². The van der Waals surface area contributed by atoms with Crippen LogP contribution in [0.4, 0.5) is 0 Å². The maximum absolute atomic E-state index is 5.53. The minimum Gasteiger partial charge on any atom is -0.381 e. The molecular weight excluding hydrogens is 186 g/mol. The van der Waals surface area contributed by atoms with Crippen molar-refractivity contribution in [2.24, 2.45) is 5.92 Å². The molecule has 0 aromatic carbocycles. The largest absolute Gasteiger partial charge is 0.381 e. The van der Waals surface area contributed by atoms with Crippen molar-refractivity contribution in [2.45, 2.75) is 59.4 Å². The first-order chi connectivity index (χ1) is 7.20. The molecule has 0 aromatic rings. The van der Waals surface area contributed by atoms with Crippen LogP contribution in [0.25, 0.3) is 0 Å². The smallest absolute Gasteiger partial charge is 0.0480 e. The average Bonchev–Trinajstić information content (AvgIpc) is 2.19. The molecule has 0 aromatic heterocycles. The summed E-state index contributed by atoms with van der Waals surface area (Å²) in [5.41, 5.74) is 0. The van der Waals surface area contributed by atoms with Crippen molar-refractivity contribution in [3.63, 3.8) is 0 Å². The Balaban J connectivity index is 3.59. The lowest BCUT2D eigenvalue weighted by Crippen LogP contribution is -2.32. The van der Waals surface area contributed by atoms with E-state index in [1.165, 1.54) is 12.8 Å². The highest BCUT2D eigenvalue weighted by atomic mass is 16.5.